The molecule has 1 N–H and O–H groups in total. The van der Waals surface area contributed by atoms with Gasteiger partial charge in [0.1, 0.15) is 0 Å². The van der Waals surface area contributed by atoms with Crippen LogP contribution in [-0.4, -0.2) is 28.2 Å². The summed E-state index contributed by atoms with van der Waals surface area (Å²) < 4.78 is 1.94. The number of alkyl halides is 1. The summed E-state index contributed by atoms with van der Waals surface area (Å²) in [6.45, 7) is 2.96. The van der Waals surface area contributed by atoms with Crippen LogP contribution in [0.4, 0.5) is 0 Å². The Bertz CT molecular complexity index is 273. The van der Waals surface area contributed by atoms with E-state index in [0.717, 1.165) is 19.6 Å². The Labute approximate surface area is 95.8 Å². The van der Waals surface area contributed by atoms with Crippen LogP contribution in [-0.2, 0) is 6.54 Å². The molecule has 0 saturated heterocycles. The van der Waals surface area contributed by atoms with Crippen molar-refractivity contribution in [3.8, 4) is 0 Å². The quantitative estimate of drug-likeness (QED) is 0.615. The highest BCUT2D eigenvalue weighted by atomic mass is 35.5. The van der Waals surface area contributed by atoms with Crippen molar-refractivity contribution in [2.45, 2.75) is 31.2 Å². The van der Waals surface area contributed by atoms with E-state index in [4.69, 9.17) is 11.6 Å². The molecule has 4 heteroatoms. The highest BCUT2D eigenvalue weighted by Gasteiger charge is 2.24. The molecule has 1 aromatic rings. The number of halogens is 1. The van der Waals surface area contributed by atoms with Crippen molar-refractivity contribution >= 4 is 11.6 Å². The number of aromatic nitrogens is 2. The van der Waals surface area contributed by atoms with E-state index in [1.807, 2.05) is 23.1 Å². The van der Waals surface area contributed by atoms with Crippen molar-refractivity contribution in [3.05, 3.63) is 18.5 Å². The Morgan fingerprint density at radius 1 is 1.47 bits per heavy atom. The third-order valence-corrected chi connectivity index (χ3v) is 3.62. The maximum atomic E-state index is 6.20. The van der Waals surface area contributed by atoms with Gasteiger partial charge in [0.15, 0.2) is 0 Å². The number of nitrogens with one attached hydrogen (secondary N) is 1. The highest BCUT2D eigenvalue weighted by Crippen LogP contribution is 2.29. The van der Waals surface area contributed by atoms with E-state index in [-0.39, 0.29) is 0 Å². The van der Waals surface area contributed by atoms with E-state index in [2.05, 4.69) is 10.4 Å². The Hall–Kier alpha value is -0.540. The third-order valence-electron chi connectivity index (χ3n) is 3.05. The summed E-state index contributed by atoms with van der Waals surface area (Å²) in [7, 11) is 0. The molecular formula is C11H18ClN3. The zero-order valence-corrected chi connectivity index (χ0v) is 9.66. The molecule has 1 heterocycles. The van der Waals surface area contributed by atoms with Crippen LogP contribution < -0.4 is 5.32 Å². The molecule has 15 heavy (non-hydrogen) atoms. The van der Waals surface area contributed by atoms with Gasteiger partial charge in [0, 0.05) is 24.3 Å². The average Bonchev–Trinajstić information content (AvgIpc) is 2.85. The fourth-order valence-corrected chi connectivity index (χ4v) is 2.50. The van der Waals surface area contributed by atoms with E-state index in [0.29, 0.717) is 11.3 Å². The first-order chi connectivity index (χ1) is 7.36. The topological polar surface area (TPSA) is 29.9 Å². The molecule has 84 valence electrons. The summed E-state index contributed by atoms with van der Waals surface area (Å²) >= 11 is 6.20. The predicted molar refractivity (Wildman–Crippen MR) is 62.1 cm³/mol. The molecule has 0 amide bonds. The van der Waals surface area contributed by atoms with Gasteiger partial charge < -0.3 is 5.32 Å². The average molecular weight is 228 g/mol. The zero-order chi connectivity index (χ0) is 10.5. The highest BCUT2D eigenvalue weighted by molar-refractivity contribution is 6.20. The van der Waals surface area contributed by atoms with Gasteiger partial charge in [0.2, 0.25) is 0 Å². The molecule has 0 radical (unpaired) electrons. The minimum atomic E-state index is 0.391. The third kappa shape index (κ3) is 3.21. The predicted octanol–water partition coefficient (Wildman–Crippen LogP) is 1.88. The molecule has 1 aliphatic rings. The van der Waals surface area contributed by atoms with Crippen molar-refractivity contribution in [1.29, 1.82) is 0 Å². The molecule has 1 fully saturated rings. The van der Waals surface area contributed by atoms with Crippen LogP contribution in [0.2, 0.25) is 0 Å². The Kier molecular flexibility index (Phi) is 4.03. The summed E-state index contributed by atoms with van der Waals surface area (Å²) in [6, 6.07) is 1.95. The smallest absolute Gasteiger partial charge is 0.0533 e. The summed E-state index contributed by atoms with van der Waals surface area (Å²) in [6.07, 6.45) is 7.56. The maximum absolute atomic E-state index is 6.20. The molecular weight excluding hydrogens is 210 g/mol. The minimum absolute atomic E-state index is 0.391. The van der Waals surface area contributed by atoms with Crippen molar-refractivity contribution < 1.29 is 0 Å². The Morgan fingerprint density at radius 3 is 3.07 bits per heavy atom. The lowest BCUT2D eigenvalue weighted by Gasteiger charge is -2.14. The summed E-state index contributed by atoms with van der Waals surface area (Å²) in [5.41, 5.74) is 0. The van der Waals surface area contributed by atoms with Crippen LogP contribution in [0, 0.1) is 5.92 Å². The molecule has 1 aromatic heterocycles. The Morgan fingerprint density at radius 2 is 2.40 bits per heavy atom. The lowest BCUT2D eigenvalue weighted by Crippen LogP contribution is -2.28. The second-order valence-electron chi connectivity index (χ2n) is 4.18. The summed E-state index contributed by atoms with van der Waals surface area (Å²) in [4.78, 5) is 0. The second kappa shape index (κ2) is 5.52. The van der Waals surface area contributed by atoms with Crippen LogP contribution in [0.25, 0.3) is 0 Å². The first-order valence-corrected chi connectivity index (χ1v) is 6.12. The molecule has 0 aromatic carbocycles. The van der Waals surface area contributed by atoms with Crippen LogP contribution in [0.5, 0.6) is 0 Å². The lowest BCUT2D eigenvalue weighted by atomic mass is 10.1. The first-order valence-electron chi connectivity index (χ1n) is 5.68. The molecule has 0 aliphatic heterocycles. The molecule has 2 rings (SSSR count). The van der Waals surface area contributed by atoms with E-state index in [1.165, 1.54) is 19.3 Å². The summed E-state index contributed by atoms with van der Waals surface area (Å²) in [5.74, 6) is 0.671. The van der Waals surface area contributed by atoms with Gasteiger partial charge in [-0.15, -0.1) is 11.6 Å². The van der Waals surface area contributed by atoms with Gasteiger partial charge in [-0.1, -0.05) is 6.42 Å². The normalized spacial score (nSPS) is 25.9. The van der Waals surface area contributed by atoms with Gasteiger partial charge in [0.25, 0.3) is 0 Å². The fourth-order valence-electron chi connectivity index (χ4n) is 2.14. The van der Waals surface area contributed by atoms with Gasteiger partial charge in [0.05, 0.1) is 6.54 Å². The van der Waals surface area contributed by atoms with Crippen molar-refractivity contribution in [2.24, 2.45) is 5.92 Å². The van der Waals surface area contributed by atoms with Crippen molar-refractivity contribution in [2.75, 3.05) is 13.1 Å². The molecule has 1 aliphatic carbocycles. The first kappa shape index (κ1) is 11.0. The maximum Gasteiger partial charge on any atom is 0.0533 e. The van der Waals surface area contributed by atoms with Crippen molar-refractivity contribution in [1.82, 2.24) is 15.1 Å². The molecule has 2 unspecified atom stereocenters. The summed E-state index contributed by atoms with van der Waals surface area (Å²) in [5, 5.41) is 7.99. The second-order valence-corrected chi connectivity index (χ2v) is 4.74. The lowest BCUT2D eigenvalue weighted by molar-refractivity contribution is 0.470. The number of rotatable bonds is 5. The van der Waals surface area contributed by atoms with E-state index >= 15 is 0 Å². The van der Waals surface area contributed by atoms with Crippen LogP contribution in [0.1, 0.15) is 19.3 Å². The van der Waals surface area contributed by atoms with E-state index in [9.17, 15) is 0 Å². The van der Waals surface area contributed by atoms with E-state index in [1.54, 1.807) is 0 Å². The molecule has 1 saturated carbocycles. The minimum Gasteiger partial charge on any atom is -0.315 e. The van der Waals surface area contributed by atoms with Crippen LogP contribution in [0.15, 0.2) is 18.5 Å². The molecule has 0 bridgehead atoms. The monoisotopic (exact) mass is 227 g/mol. The van der Waals surface area contributed by atoms with Gasteiger partial charge in [-0.2, -0.15) is 5.10 Å². The van der Waals surface area contributed by atoms with Crippen LogP contribution >= 0.6 is 11.6 Å². The van der Waals surface area contributed by atoms with Gasteiger partial charge in [-0.25, -0.2) is 0 Å². The molecule has 0 spiro atoms. The Balaban J connectivity index is 1.59. The SMILES string of the molecule is ClC1CCCC1CNCCn1cccn1. The van der Waals surface area contributed by atoms with Gasteiger partial charge >= 0.3 is 0 Å². The fraction of sp³-hybridized carbons (Fsp3) is 0.727. The molecule has 2 atom stereocenters. The largest absolute Gasteiger partial charge is 0.315 e. The van der Waals surface area contributed by atoms with Crippen molar-refractivity contribution in [3.63, 3.8) is 0 Å². The van der Waals surface area contributed by atoms with Gasteiger partial charge in [-0.05, 0) is 31.4 Å². The van der Waals surface area contributed by atoms with Crippen LogP contribution in [0.3, 0.4) is 0 Å². The van der Waals surface area contributed by atoms with Gasteiger partial charge in [-0.3, -0.25) is 4.68 Å². The zero-order valence-electron chi connectivity index (χ0n) is 8.90. The molecule has 3 nitrogen and oxygen atoms in total. The van der Waals surface area contributed by atoms with E-state index < -0.39 is 0 Å². The number of hydrogen-bond acceptors (Lipinski definition) is 2. The number of nitrogens with zero attached hydrogens (tertiary/aromatic N) is 2. The number of hydrogen-bond donors (Lipinski definition) is 1. The standard InChI is InChI=1S/C11H18ClN3/c12-11-4-1-3-10(11)9-13-6-8-15-7-2-5-14-15/h2,5,7,10-11,13H,1,3-4,6,8-9H2.